The van der Waals surface area contributed by atoms with Crippen LogP contribution in [0.4, 0.5) is 0 Å². The van der Waals surface area contributed by atoms with Crippen molar-refractivity contribution < 1.29 is 13.2 Å². The minimum absolute atomic E-state index is 0.0526. The number of sulfonamides is 1. The number of benzene rings is 1. The van der Waals surface area contributed by atoms with Crippen molar-refractivity contribution in [3.8, 4) is 5.75 Å². The van der Waals surface area contributed by atoms with Gasteiger partial charge in [0.15, 0.2) is 0 Å². The fourth-order valence-electron chi connectivity index (χ4n) is 3.10. The van der Waals surface area contributed by atoms with Gasteiger partial charge in [0, 0.05) is 13.1 Å². The van der Waals surface area contributed by atoms with E-state index in [1.807, 2.05) is 18.2 Å². The molecule has 5 nitrogen and oxygen atoms in total. The second kappa shape index (κ2) is 5.35. The Morgan fingerprint density at radius 2 is 2.00 bits per heavy atom. The number of nitrogens with zero attached hydrogens (tertiary/aromatic N) is 1. The van der Waals surface area contributed by atoms with Gasteiger partial charge in [-0.05, 0) is 42.6 Å². The molecular weight excluding hydrogens is 276 g/mol. The number of hydrogen-bond acceptors (Lipinski definition) is 4. The zero-order valence-electron chi connectivity index (χ0n) is 11.6. The second-order valence-electron chi connectivity index (χ2n) is 5.60. The van der Waals surface area contributed by atoms with Gasteiger partial charge in [0.25, 0.3) is 0 Å². The molecule has 0 aliphatic carbocycles. The number of nitrogens with one attached hydrogen (secondary N) is 1. The number of hydrogen-bond donors (Lipinski definition) is 1. The summed E-state index contributed by atoms with van der Waals surface area (Å²) in [5, 5.41) is 3.32. The van der Waals surface area contributed by atoms with Gasteiger partial charge in [0.05, 0.1) is 12.9 Å². The van der Waals surface area contributed by atoms with E-state index in [0.29, 0.717) is 30.7 Å². The Balaban J connectivity index is 1.72. The van der Waals surface area contributed by atoms with Gasteiger partial charge >= 0.3 is 0 Å². The maximum absolute atomic E-state index is 12.5. The molecule has 2 heterocycles. The van der Waals surface area contributed by atoms with E-state index in [1.54, 1.807) is 17.5 Å². The fraction of sp³-hybridized carbons (Fsp3) is 0.571. The van der Waals surface area contributed by atoms with Gasteiger partial charge in [-0.1, -0.05) is 12.1 Å². The van der Waals surface area contributed by atoms with Crippen molar-refractivity contribution >= 4 is 10.0 Å². The molecule has 20 heavy (non-hydrogen) atoms. The predicted octanol–water partition coefficient (Wildman–Crippen LogP) is 0.676. The van der Waals surface area contributed by atoms with Crippen LogP contribution >= 0.6 is 0 Å². The quantitative estimate of drug-likeness (QED) is 0.887. The van der Waals surface area contributed by atoms with E-state index in [2.05, 4.69) is 5.32 Å². The van der Waals surface area contributed by atoms with Crippen molar-refractivity contribution in [2.75, 3.05) is 33.3 Å². The Labute approximate surface area is 120 Å². The Hall–Kier alpha value is -1.11. The standard InChI is InChI=1S/C14H20N2O3S/c1-19-14-4-2-3-11(5-14)10-20(17,18)16-8-12-6-15-7-13(12)9-16/h2-5,12-13,15H,6-10H2,1H3/t12-,13+. The first-order valence-corrected chi connectivity index (χ1v) is 8.51. The first-order valence-electron chi connectivity index (χ1n) is 6.90. The van der Waals surface area contributed by atoms with Gasteiger partial charge in [0.2, 0.25) is 10.0 Å². The molecule has 0 aromatic heterocycles. The number of rotatable bonds is 4. The van der Waals surface area contributed by atoms with Crippen LogP contribution in [0.15, 0.2) is 24.3 Å². The molecule has 0 spiro atoms. The van der Waals surface area contributed by atoms with Crippen molar-refractivity contribution in [2.24, 2.45) is 11.8 Å². The third-order valence-corrected chi connectivity index (χ3v) is 6.02. The summed E-state index contributed by atoms with van der Waals surface area (Å²) in [6.07, 6.45) is 0. The first kappa shape index (κ1) is 13.9. The van der Waals surface area contributed by atoms with Crippen LogP contribution in [-0.2, 0) is 15.8 Å². The van der Waals surface area contributed by atoms with Crippen LogP contribution in [0.25, 0.3) is 0 Å². The van der Waals surface area contributed by atoms with E-state index in [9.17, 15) is 8.42 Å². The minimum Gasteiger partial charge on any atom is -0.497 e. The maximum Gasteiger partial charge on any atom is 0.218 e. The zero-order valence-corrected chi connectivity index (χ0v) is 12.4. The average molecular weight is 296 g/mol. The Morgan fingerprint density at radius 3 is 2.65 bits per heavy atom. The number of methoxy groups -OCH3 is 1. The summed E-state index contributed by atoms with van der Waals surface area (Å²) in [5.41, 5.74) is 0.777. The summed E-state index contributed by atoms with van der Waals surface area (Å²) in [7, 11) is -1.64. The van der Waals surface area contributed by atoms with Crippen molar-refractivity contribution in [1.29, 1.82) is 0 Å². The SMILES string of the molecule is COc1cccc(CS(=O)(=O)N2C[C@H]3CNC[C@H]3C2)c1. The molecule has 0 amide bonds. The highest BCUT2D eigenvalue weighted by atomic mass is 32.2. The summed E-state index contributed by atoms with van der Waals surface area (Å²) in [6.45, 7) is 3.19. The van der Waals surface area contributed by atoms with E-state index < -0.39 is 10.0 Å². The molecule has 110 valence electrons. The minimum atomic E-state index is -3.23. The van der Waals surface area contributed by atoms with E-state index in [-0.39, 0.29) is 5.75 Å². The summed E-state index contributed by atoms with van der Waals surface area (Å²) < 4.78 is 31.8. The largest absolute Gasteiger partial charge is 0.497 e. The molecule has 0 radical (unpaired) electrons. The van der Waals surface area contributed by atoms with Crippen molar-refractivity contribution in [2.45, 2.75) is 5.75 Å². The normalized spacial score (nSPS) is 26.6. The lowest BCUT2D eigenvalue weighted by atomic mass is 10.0. The van der Waals surface area contributed by atoms with Gasteiger partial charge < -0.3 is 10.1 Å². The van der Waals surface area contributed by atoms with E-state index in [4.69, 9.17) is 4.74 Å². The molecular formula is C14H20N2O3S. The van der Waals surface area contributed by atoms with Gasteiger partial charge in [-0.3, -0.25) is 0 Å². The molecule has 1 N–H and O–H groups in total. The number of fused-ring (bicyclic) bond motifs is 1. The summed E-state index contributed by atoms with van der Waals surface area (Å²) in [5.74, 6) is 1.71. The smallest absolute Gasteiger partial charge is 0.218 e. The molecule has 2 aliphatic heterocycles. The second-order valence-corrected chi connectivity index (χ2v) is 7.57. The Morgan fingerprint density at radius 1 is 1.30 bits per heavy atom. The van der Waals surface area contributed by atoms with Crippen LogP contribution in [0, 0.1) is 11.8 Å². The lowest BCUT2D eigenvalue weighted by Gasteiger charge is -2.17. The van der Waals surface area contributed by atoms with Gasteiger partial charge in [-0.15, -0.1) is 0 Å². The monoisotopic (exact) mass is 296 g/mol. The lowest BCUT2D eigenvalue weighted by Crippen LogP contribution is -2.32. The summed E-state index contributed by atoms with van der Waals surface area (Å²) >= 11 is 0. The molecule has 2 atom stereocenters. The summed E-state index contributed by atoms with van der Waals surface area (Å²) in [6, 6.07) is 7.27. The average Bonchev–Trinajstić information content (AvgIpc) is 2.99. The molecule has 3 rings (SSSR count). The van der Waals surface area contributed by atoms with Crippen LogP contribution in [-0.4, -0.2) is 46.0 Å². The van der Waals surface area contributed by atoms with Crippen LogP contribution in [0.5, 0.6) is 5.75 Å². The molecule has 1 aromatic carbocycles. The molecule has 2 fully saturated rings. The van der Waals surface area contributed by atoms with Crippen LogP contribution < -0.4 is 10.1 Å². The Bertz CT molecular complexity index is 576. The summed E-state index contributed by atoms with van der Waals surface area (Å²) in [4.78, 5) is 0. The maximum atomic E-state index is 12.5. The molecule has 0 saturated carbocycles. The predicted molar refractivity (Wildman–Crippen MR) is 77.0 cm³/mol. The van der Waals surface area contributed by atoms with Gasteiger partial charge in [-0.2, -0.15) is 0 Å². The highest BCUT2D eigenvalue weighted by Gasteiger charge is 2.40. The van der Waals surface area contributed by atoms with E-state index in [0.717, 1.165) is 18.7 Å². The van der Waals surface area contributed by atoms with Crippen LogP contribution in [0.1, 0.15) is 5.56 Å². The molecule has 0 bridgehead atoms. The molecule has 1 aromatic rings. The van der Waals surface area contributed by atoms with E-state index >= 15 is 0 Å². The topological polar surface area (TPSA) is 58.6 Å². The third kappa shape index (κ3) is 2.68. The lowest BCUT2D eigenvalue weighted by molar-refractivity contribution is 0.414. The van der Waals surface area contributed by atoms with Gasteiger partial charge in [-0.25, -0.2) is 12.7 Å². The highest BCUT2D eigenvalue weighted by Crippen LogP contribution is 2.29. The Kier molecular flexibility index (Phi) is 3.70. The first-order chi connectivity index (χ1) is 9.58. The van der Waals surface area contributed by atoms with Crippen molar-refractivity contribution in [3.05, 3.63) is 29.8 Å². The molecule has 2 saturated heterocycles. The van der Waals surface area contributed by atoms with Crippen molar-refractivity contribution in [3.63, 3.8) is 0 Å². The molecule has 6 heteroatoms. The molecule has 0 unspecified atom stereocenters. The fourth-order valence-corrected chi connectivity index (χ4v) is 4.72. The van der Waals surface area contributed by atoms with E-state index in [1.165, 1.54) is 0 Å². The van der Waals surface area contributed by atoms with Crippen LogP contribution in [0.2, 0.25) is 0 Å². The van der Waals surface area contributed by atoms with Crippen molar-refractivity contribution in [1.82, 2.24) is 9.62 Å². The number of ether oxygens (including phenoxy) is 1. The highest BCUT2D eigenvalue weighted by molar-refractivity contribution is 7.88. The van der Waals surface area contributed by atoms with Gasteiger partial charge in [0.1, 0.15) is 5.75 Å². The zero-order chi connectivity index (χ0) is 14.2. The third-order valence-electron chi connectivity index (χ3n) is 4.23. The molecule has 2 aliphatic rings. The van der Waals surface area contributed by atoms with Crippen LogP contribution in [0.3, 0.4) is 0 Å².